The molecule has 4 heterocycles. The molecule has 0 unspecified atom stereocenters. The molecule has 0 bridgehead atoms. The van der Waals surface area contributed by atoms with Crippen LogP contribution in [0.4, 0.5) is 4.39 Å². The second-order valence-corrected chi connectivity index (χ2v) is 6.49. The van der Waals surface area contributed by atoms with Crippen molar-refractivity contribution in [3.63, 3.8) is 0 Å². The molecule has 5 nitrogen and oxygen atoms in total. The Kier molecular flexibility index (Phi) is 4.72. The Morgan fingerprint density at radius 1 is 1.12 bits per heavy atom. The summed E-state index contributed by atoms with van der Waals surface area (Å²) in [6.07, 6.45) is 8.30. The highest BCUT2D eigenvalue weighted by molar-refractivity contribution is 5.52. The molecule has 1 aliphatic rings. The van der Waals surface area contributed by atoms with Gasteiger partial charge in [0, 0.05) is 50.3 Å². The van der Waals surface area contributed by atoms with Gasteiger partial charge in [0.2, 0.25) is 0 Å². The first-order valence-corrected chi connectivity index (χ1v) is 8.59. The third-order valence-corrected chi connectivity index (χ3v) is 4.64. The zero-order chi connectivity index (χ0) is 17.1. The lowest BCUT2D eigenvalue weighted by atomic mass is 10.0. The van der Waals surface area contributed by atoms with Crippen molar-refractivity contribution in [3.8, 4) is 0 Å². The number of pyridine rings is 1. The van der Waals surface area contributed by atoms with Crippen LogP contribution >= 0.6 is 0 Å². The number of nitrogens with zero attached hydrogens (tertiary/aromatic N) is 4. The van der Waals surface area contributed by atoms with Gasteiger partial charge in [-0.2, -0.15) is 0 Å². The predicted octanol–water partition coefficient (Wildman–Crippen LogP) is 2.56. The molecule has 1 fully saturated rings. The van der Waals surface area contributed by atoms with E-state index < -0.39 is 0 Å². The lowest BCUT2D eigenvalue weighted by molar-refractivity contribution is 0.121. The zero-order valence-corrected chi connectivity index (χ0v) is 14.0. The van der Waals surface area contributed by atoms with Gasteiger partial charge in [0.05, 0.1) is 30.1 Å². The van der Waals surface area contributed by atoms with Crippen LogP contribution in [-0.2, 0) is 17.7 Å². The summed E-state index contributed by atoms with van der Waals surface area (Å²) in [6.45, 7) is 3.50. The Hall–Kier alpha value is -2.31. The molecule has 3 aromatic rings. The van der Waals surface area contributed by atoms with Gasteiger partial charge in [-0.25, -0.2) is 4.39 Å². The van der Waals surface area contributed by atoms with Gasteiger partial charge in [-0.3, -0.25) is 14.9 Å². The Morgan fingerprint density at radius 2 is 2.04 bits per heavy atom. The van der Waals surface area contributed by atoms with Crippen molar-refractivity contribution in [2.75, 3.05) is 26.3 Å². The SMILES string of the molecule is Fc1cccnc1CN1CCOC[C@@H](Cc2nccn3cccc23)C1. The molecule has 0 aliphatic carbocycles. The van der Waals surface area contributed by atoms with Gasteiger partial charge in [0.15, 0.2) is 0 Å². The van der Waals surface area contributed by atoms with Crippen molar-refractivity contribution >= 4 is 5.52 Å². The van der Waals surface area contributed by atoms with E-state index in [0.29, 0.717) is 31.4 Å². The van der Waals surface area contributed by atoms with Gasteiger partial charge in [-0.05, 0) is 30.7 Å². The fourth-order valence-electron chi connectivity index (χ4n) is 3.43. The molecule has 0 amide bonds. The van der Waals surface area contributed by atoms with Crippen LogP contribution in [0.15, 0.2) is 49.1 Å². The Labute approximate surface area is 146 Å². The van der Waals surface area contributed by atoms with Gasteiger partial charge in [0.25, 0.3) is 0 Å². The quantitative estimate of drug-likeness (QED) is 0.732. The van der Waals surface area contributed by atoms with Crippen LogP contribution in [0.1, 0.15) is 11.4 Å². The molecule has 1 aliphatic heterocycles. The van der Waals surface area contributed by atoms with Crippen LogP contribution < -0.4 is 0 Å². The number of rotatable bonds is 4. The molecular formula is C19H21FN4O. The Morgan fingerprint density at radius 3 is 2.96 bits per heavy atom. The van der Waals surface area contributed by atoms with Gasteiger partial charge in [-0.1, -0.05) is 0 Å². The molecule has 0 spiro atoms. The first kappa shape index (κ1) is 16.2. The van der Waals surface area contributed by atoms with Gasteiger partial charge in [0.1, 0.15) is 5.82 Å². The molecule has 4 rings (SSSR count). The fourth-order valence-corrected chi connectivity index (χ4v) is 3.43. The first-order valence-electron chi connectivity index (χ1n) is 8.59. The Balaban J connectivity index is 1.48. The molecule has 0 saturated carbocycles. The monoisotopic (exact) mass is 340 g/mol. The van der Waals surface area contributed by atoms with E-state index in [2.05, 4.69) is 25.3 Å². The molecule has 130 valence electrons. The van der Waals surface area contributed by atoms with Crippen molar-refractivity contribution in [2.24, 2.45) is 5.92 Å². The highest BCUT2D eigenvalue weighted by atomic mass is 19.1. The highest BCUT2D eigenvalue weighted by Crippen LogP contribution is 2.18. The number of aromatic nitrogens is 3. The van der Waals surface area contributed by atoms with E-state index in [4.69, 9.17) is 4.74 Å². The van der Waals surface area contributed by atoms with Crippen LogP contribution in [0.2, 0.25) is 0 Å². The number of halogens is 1. The van der Waals surface area contributed by atoms with E-state index in [1.165, 1.54) is 6.07 Å². The van der Waals surface area contributed by atoms with E-state index in [9.17, 15) is 4.39 Å². The second-order valence-electron chi connectivity index (χ2n) is 6.49. The summed E-state index contributed by atoms with van der Waals surface area (Å²) in [6, 6.07) is 7.20. The van der Waals surface area contributed by atoms with Gasteiger partial charge >= 0.3 is 0 Å². The van der Waals surface area contributed by atoms with E-state index >= 15 is 0 Å². The van der Waals surface area contributed by atoms with Crippen LogP contribution in [0, 0.1) is 11.7 Å². The van der Waals surface area contributed by atoms with Crippen molar-refractivity contribution in [2.45, 2.75) is 13.0 Å². The summed E-state index contributed by atoms with van der Waals surface area (Å²) in [5, 5.41) is 0. The van der Waals surface area contributed by atoms with E-state index in [-0.39, 0.29) is 5.82 Å². The average Bonchev–Trinajstić information content (AvgIpc) is 3.00. The van der Waals surface area contributed by atoms with Gasteiger partial charge in [-0.15, -0.1) is 0 Å². The lowest BCUT2D eigenvalue weighted by Gasteiger charge is -2.23. The number of ether oxygens (including phenoxy) is 1. The molecule has 0 radical (unpaired) electrons. The lowest BCUT2D eigenvalue weighted by Crippen LogP contribution is -2.31. The maximum absolute atomic E-state index is 13.9. The molecule has 1 atom stereocenters. The molecule has 3 aromatic heterocycles. The standard InChI is InChI=1S/C19H21FN4O/c20-16-3-1-5-21-18(16)13-23-9-10-25-14-15(12-23)11-17-19-4-2-7-24(19)8-6-22-17/h1-8,15H,9-14H2/t15-/m0/s1. The van der Waals surface area contributed by atoms with E-state index in [1.54, 1.807) is 12.3 Å². The van der Waals surface area contributed by atoms with E-state index in [0.717, 1.165) is 30.7 Å². The molecule has 6 heteroatoms. The summed E-state index contributed by atoms with van der Waals surface area (Å²) >= 11 is 0. The van der Waals surface area contributed by atoms with Crippen LogP contribution in [0.3, 0.4) is 0 Å². The minimum Gasteiger partial charge on any atom is -0.380 e. The Bertz CT molecular complexity index is 850. The normalized spacial score (nSPS) is 19.2. The van der Waals surface area contributed by atoms with Crippen molar-refractivity contribution in [1.82, 2.24) is 19.3 Å². The zero-order valence-electron chi connectivity index (χ0n) is 14.0. The average molecular weight is 340 g/mol. The largest absolute Gasteiger partial charge is 0.380 e. The van der Waals surface area contributed by atoms with Crippen LogP contribution in [-0.4, -0.2) is 45.6 Å². The highest BCUT2D eigenvalue weighted by Gasteiger charge is 2.21. The topological polar surface area (TPSA) is 42.7 Å². The van der Waals surface area contributed by atoms with Gasteiger partial charge < -0.3 is 9.14 Å². The number of hydrogen-bond donors (Lipinski definition) is 0. The van der Waals surface area contributed by atoms with Crippen molar-refractivity contribution < 1.29 is 9.13 Å². The molecule has 25 heavy (non-hydrogen) atoms. The van der Waals surface area contributed by atoms with Crippen molar-refractivity contribution in [1.29, 1.82) is 0 Å². The van der Waals surface area contributed by atoms with Crippen molar-refractivity contribution in [3.05, 3.63) is 66.3 Å². The summed E-state index contributed by atoms with van der Waals surface area (Å²) in [4.78, 5) is 11.0. The molecule has 0 aromatic carbocycles. The van der Waals surface area contributed by atoms with E-state index in [1.807, 2.05) is 24.7 Å². The molecule has 0 N–H and O–H groups in total. The smallest absolute Gasteiger partial charge is 0.146 e. The predicted molar refractivity (Wildman–Crippen MR) is 92.7 cm³/mol. The summed E-state index contributed by atoms with van der Waals surface area (Å²) in [5.74, 6) is 0.0757. The van der Waals surface area contributed by atoms with Crippen LogP contribution in [0.25, 0.3) is 5.52 Å². The number of fused-ring (bicyclic) bond motifs is 1. The third kappa shape index (κ3) is 3.70. The minimum absolute atomic E-state index is 0.246. The second kappa shape index (κ2) is 7.29. The summed E-state index contributed by atoms with van der Waals surface area (Å²) < 4.78 is 21.8. The van der Waals surface area contributed by atoms with Crippen LogP contribution in [0.5, 0.6) is 0 Å². The summed E-state index contributed by atoms with van der Waals surface area (Å²) in [5.41, 5.74) is 2.70. The first-order chi connectivity index (χ1) is 12.3. The minimum atomic E-state index is -0.246. The molecular weight excluding hydrogens is 319 g/mol. The maximum atomic E-state index is 13.9. The maximum Gasteiger partial charge on any atom is 0.146 e. The molecule has 1 saturated heterocycles. The third-order valence-electron chi connectivity index (χ3n) is 4.64. The number of hydrogen-bond acceptors (Lipinski definition) is 4. The fraction of sp³-hybridized carbons (Fsp3) is 0.368. The summed E-state index contributed by atoms with van der Waals surface area (Å²) in [7, 11) is 0.